The van der Waals surface area contributed by atoms with Gasteiger partial charge in [-0.2, -0.15) is 5.10 Å². The highest BCUT2D eigenvalue weighted by Gasteiger charge is 2.36. The molecule has 8 nitrogen and oxygen atoms in total. The first-order valence-corrected chi connectivity index (χ1v) is 10.1. The molecule has 2 heterocycles. The van der Waals surface area contributed by atoms with E-state index in [9.17, 15) is 14.7 Å². The third-order valence-corrected chi connectivity index (χ3v) is 5.50. The second-order valence-electron chi connectivity index (χ2n) is 8.47. The van der Waals surface area contributed by atoms with Gasteiger partial charge in [0.1, 0.15) is 0 Å². The number of nitrogens with two attached hydrogens (primary N) is 1. The molecule has 3 N–H and O–H groups in total. The van der Waals surface area contributed by atoms with Gasteiger partial charge in [0.2, 0.25) is 5.91 Å². The summed E-state index contributed by atoms with van der Waals surface area (Å²) in [5, 5.41) is 14.2. The lowest BCUT2D eigenvalue weighted by atomic mass is 9.99. The van der Waals surface area contributed by atoms with Gasteiger partial charge in [-0.3, -0.25) is 14.4 Å². The van der Waals surface area contributed by atoms with Crippen molar-refractivity contribution in [3.63, 3.8) is 0 Å². The van der Waals surface area contributed by atoms with Gasteiger partial charge in [-0.25, -0.2) is 4.79 Å². The summed E-state index contributed by atoms with van der Waals surface area (Å²) in [7, 11) is 0. The average molecular weight is 397 g/mol. The van der Waals surface area contributed by atoms with Crippen molar-refractivity contribution in [2.24, 2.45) is 5.92 Å². The van der Waals surface area contributed by atoms with E-state index in [4.69, 9.17) is 5.73 Å². The summed E-state index contributed by atoms with van der Waals surface area (Å²) in [6.45, 7) is 6.07. The molecule has 8 heteroatoms. The molecule has 1 aromatic heterocycles. The summed E-state index contributed by atoms with van der Waals surface area (Å²) < 4.78 is 1.93. The highest BCUT2D eigenvalue weighted by atomic mass is 16.4. The first-order chi connectivity index (χ1) is 13.8. The minimum Gasteiger partial charge on any atom is -0.465 e. The standard InChI is InChI=1S/C21H27N5O3/c1-12(2)6-20(27)26-13(3)10-24(21(28)29)18-7-16(17(22)8-19(18)26)14-9-23-25(11-14)15-4-5-15/h7-9,11-13,15H,4-6,10,22H2,1-3H3,(H,28,29)/t13-/m0/s1. The number of aromatic nitrogens is 2. The minimum atomic E-state index is -1.04. The van der Waals surface area contributed by atoms with Crippen LogP contribution in [0.1, 0.15) is 46.1 Å². The fourth-order valence-corrected chi connectivity index (χ4v) is 3.96. The van der Waals surface area contributed by atoms with Gasteiger partial charge in [0, 0.05) is 36.0 Å². The van der Waals surface area contributed by atoms with Crippen molar-refractivity contribution in [3.8, 4) is 11.1 Å². The Morgan fingerprint density at radius 3 is 2.62 bits per heavy atom. The molecule has 1 saturated carbocycles. The molecule has 2 aliphatic rings. The van der Waals surface area contributed by atoms with Gasteiger partial charge < -0.3 is 15.7 Å². The number of anilines is 3. The van der Waals surface area contributed by atoms with E-state index in [1.54, 1.807) is 23.2 Å². The van der Waals surface area contributed by atoms with Crippen LogP contribution in [0.2, 0.25) is 0 Å². The third kappa shape index (κ3) is 3.54. The molecule has 0 saturated heterocycles. The summed E-state index contributed by atoms with van der Waals surface area (Å²) in [4.78, 5) is 27.8. The van der Waals surface area contributed by atoms with Crippen molar-refractivity contribution in [1.29, 1.82) is 0 Å². The van der Waals surface area contributed by atoms with E-state index in [2.05, 4.69) is 5.10 Å². The minimum absolute atomic E-state index is 0.0208. The van der Waals surface area contributed by atoms with Crippen molar-refractivity contribution >= 4 is 29.1 Å². The van der Waals surface area contributed by atoms with E-state index in [0.717, 1.165) is 24.0 Å². The molecule has 29 heavy (non-hydrogen) atoms. The molecule has 1 aliphatic carbocycles. The molecule has 4 rings (SSSR count). The van der Waals surface area contributed by atoms with Gasteiger partial charge >= 0.3 is 6.09 Å². The summed E-state index contributed by atoms with van der Waals surface area (Å²) in [5.74, 6) is 0.188. The van der Waals surface area contributed by atoms with Crippen molar-refractivity contribution in [2.45, 2.75) is 52.1 Å². The zero-order valence-corrected chi connectivity index (χ0v) is 17.0. The molecule has 2 amide bonds. The second kappa shape index (κ2) is 7.09. The van der Waals surface area contributed by atoms with Crippen LogP contribution in [0.25, 0.3) is 11.1 Å². The Kier molecular flexibility index (Phi) is 4.72. The number of carbonyl (C=O) groups excluding carboxylic acids is 1. The van der Waals surface area contributed by atoms with Crippen LogP contribution in [0.3, 0.4) is 0 Å². The number of nitrogens with zero attached hydrogens (tertiary/aromatic N) is 4. The van der Waals surface area contributed by atoms with Crippen molar-refractivity contribution < 1.29 is 14.7 Å². The quantitative estimate of drug-likeness (QED) is 0.765. The van der Waals surface area contributed by atoms with Crippen LogP contribution in [0.15, 0.2) is 24.5 Å². The predicted molar refractivity (Wildman–Crippen MR) is 112 cm³/mol. The highest BCUT2D eigenvalue weighted by molar-refractivity contribution is 6.05. The third-order valence-electron chi connectivity index (χ3n) is 5.50. The van der Waals surface area contributed by atoms with Gasteiger partial charge in [0.15, 0.2) is 0 Å². The number of nitrogen functional groups attached to an aromatic ring is 1. The number of hydrogen-bond donors (Lipinski definition) is 2. The second-order valence-corrected chi connectivity index (χ2v) is 8.47. The number of carbonyl (C=O) groups is 2. The fourth-order valence-electron chi connectivity index (χ4n) is 3.96. The fraction of sp³-hybridized carbons (Fsp3) is 0.476. The number of hydrogen-bond acceptors (Lipinski definition) is 4. The topological polar surface area (TPSA) is 105 Å². The number of benzene rings is 1. The summed E-state index contributed by atoms with van der Waals surface area (Å²) >= 11 is 0. The summed E-state index contributed by atoms with van der Waals surface area (Å²) in [6, 6.07) is 3.67. The van der Waals surface area contributed by atoms with E-state index >= 15 is 0 Å². The molecule has 0 radical (unpaired) electrons. The largest absolute Gasteiger partial charge is 0.465 e. The maximum Gasteiger partial charge on any atom is 0.411 e. The number of fused-ring (bicyclic) bond motifs is 1. The molecule has 0 bridgehead atoms. The van der Waals surface area contributed by atoms with Crippen molar-refractivity contribution in [1.82, 2.24) is 9.78 Å². The van der Waals surface area contributed by atoms with E-state index in [0.29, 0.717) is 29.5 Å². The molecule has 2 aromatic rings. The lowest BCUT2D eigenvalue weighted by Crippen LogP contribution is -2.52. The van der Waals surface area contributed by atoms with E-state index in [1.165, 1.54) is 4.90 Å². The smallest absolute Gasteiger partial charge is 0.411 e. The van der Waals surface area contributed by atoms with Crippen molar-refractivity contribution in [2.75, 3.05) is 22.1 Å². The number of rotatable bonds is 4. The van der Waals surface area contributed by atoms with E-state index in [-0.39, 0.29) is 24.4 Å². The highest BCUT2D eigenvalue weighted by Crippen LogP contribution is 2.43. The van der Waals surface area contributed by atoms with Crippen LogP contribution in [0.5, 0.6) is 0 Å². The molecular formula is C21H27N5O3. The lowest BCUT2D eigenvalue weighted by molar-refractivity contribution is -0.119. The van der Waals surface area contributed by atoms with Gasteiger partial charge in [0.05, 0.1) is 29.7 Å². The average Bonchev–Trinajstić information content (AvgIpc) is 3.37. The molecule has 154 valence electrons. The molecule has 1 aromatic carbocycles. The Bertz CT molecular complexity index is 963. The zero-order chi connectivity index (χ0) is 20.9. The lowest BCUT2D eigenvalue weighted by Gasteiger charge is -2.40. The Labute approximate surface area is 169 Å². The van der Waals surface area contributed by atoms with Gasteiger partial charge in [-0.1, -0.05) is 13.8 Å². The van der Waals surface area contributed by atoms with Crippen LogP contribution in [-0.4, -0.2) is 39.5 Å². The number of carboxylic acid groups (broad SMARTS) is 1. The maximum absolute atomic E-state index is 12.9. The monoisotopic (exact) mass is 397 g/mol. The van der Waals surface area contributed by atoms with Crippen LogP contribution in [0.4, 0.5) is 21.9 Å². The Morgan fingerprint density at radius 1 is 1.28 bits per heavy atom. The zero-order valence-electron chi connectivity index (χ0n) is 17.0. The van der Waals surface area contributed by atoms with Gasteiger partial charge in [-0.15, -0.1) is 0 Å². The van der Waals surface area contributed by atoms with E-state index in [1.807, 2.05) is 31.6 Å². The first-order valence-electron chi connectivity index (χ1n) is 10.1. The van der Waals surface area contributed by atoms with Crippen molar-refractivity contribution in [3.05, 3.63) is 24.5 Å². The van der Waals surface area contributed by atoms with Crippen LogP contribution < -0.4 is 15.5 Å². The molecule has 0 spiro atoms. The normalized spacial score (nSPS) is 18.8. The summed E-state index contributed by atoms with van der Waals surface area (Å²) in [5.41, 5.74) is 9.48. The van der Waals surface area contributed by atoms with Crippen LogP contribution in [-0.2, 0) is 4.79 Å². The predicted octanol–water partition coefficient (Wildman–Crippen LogP) is 3.73. The van der Waals surface area contributed by atoms with E-state index < -0.39 is 6.09 Å². The number of amides is 2. The molecule has 1 aliphatic heterocycles. The first kappa shape index (κ1) is 19.3. The maximum atomic E-state index is 12.9. The Morgan fingerprint density at radius 2 is 2.00 bits per heavy atom. The SMILES string of the molecule is CC(C)CC(=O)N1c2cc(N)c(-c3cnn(C4CC4)c3)cc2N(C(=O)O)C[C@@H]1C. The van der Waals surface area contributed by atoms with Gasteiger partial charge in [0.25, 0.3) is 0 Å². The molecule has 1 atom stereocenters. The summed E-state index contributed by atoms with van der Waals surface area (Å²) in [6.07, 6.45) is 5.31. The Hall–Kier alpha value is -3.03. The molecular weight excluding hydrogens is 370 g/mol. The Balaban J connectivity index is 1.80. The molecule has 0 unspecified atom stereocenters. The van der Waals surface area contributed by atoms with Crippen LogP contribution >= 0.6 is 0 Å². The van der Waals surface area contributed by atoms with Crippen LogP contribution in [0, 0.1) is 5.92 Å². The molecule has 1 fully saturated rings. The van der Waals surface area contributed by atoms with Gasteiger partial charge in [-0.05, 0) is 37.8 Å².